The number of phenols is 1. The van der Waals surface area contributed by atoms with Crippen LogP contribution >= 0.6 is 0 Å². The summed E-state index contributed by atoms with van der Waals surface area (Å²) in [5.41, 5.74) is 3.15. The standard InChI is InChI=1S/C21H21NO2/c1-2-12-22-13-10-21(11-14-22)19-15-17(23)8-9-18(19)20(24-21)16-6-4-3-5-7-16/h1,3-9,15,20,23H,10-14H2. The van der Waals surface area contributed by atoms with Crippen molar-refractivity contribution >= 4 is 0 Å². The number of aromatic hydroxyl groups is 1. The molecule has 1 fully saturated rings. The van der Waals surface area contributed by atoms with E-state index in [0.717, 1.165) is 37.1 Å². The summed E-state index contributed by atoms with van der Waals surface area (Å²) in [4.78, 5) is 2.28. The van der Waals surface area contributed by atoms with Gasteiger partial charge in [0.2, 0.25) is 0 Å². The smallest absolute Gasteiger partial charge is 0.115 e. The zero-order valence-corrected chi connectivity index (χ0v) is 13.6. The summed E-state index contributed by atoms with van der Waals surface area (Å²) in [6.07, 6.45) is 7.17. The predicted octanol–water partition coefficient (Wildman–Crippen LogP) is 3.44. The highest BCUT2D eigenvalue weighted by Crippen LogP contribution is 2.52. The van der Waals surface area contributed by atoms with Gasteiger partial charge in [-0.25, -0.2) is 0 Å². The van der Waals surface area contributed by atoms with Crippen LogP contribution in [0.5, 0.6) is 5.75 Å². The third kappa shape index (κ3) is 2.49. The molecule has 3 nitrogen and oxygen atoms in total. The Kier molecular flexibility index (Phi) is 3.80. The number of hydrogen-bond acceptors (Lipinski definition) is 3. The van der Waals surface area contributed by atoms with Crippen molar-refractivity contribution in [3.63, 3.8) is 0 Å². The van der Waals surface area contributed by atoms with Gasteiger partial charge in [-0.15, -0.1) is 6.42 Å². The second-order valence-corrected chi connectivity index (χ2v) is 6.65. The number of benzene rings is 2. The molecule has 122 valence electrons. The summed E-state index contributed by atoms with van der Waals surface area (Å²) in [5, 5.41) is 10.0. The zero-order valence-electron chi connectivity index (χ0n) is 13.6. The van der Waals surface area contributed by atoms with Crippen LogP contribution in [0.4, 0.5) is 0 Å². The number of hydrogen-bond donors (Lipinski definition) is 1. The van der Waals surface area contributed by atoms with Gasteiger partial charge in [0.25, 0.3) is 0 Å². The van der Waals surface area contributed by atoms with E-state index in [4.69, 9.17) is 11.2 Å². The largest absolute Gasteiger partial charge is 0.508 e. The van der Waals surface area contributed by atoms with Crippen molar-refractivity contribution in [2.45, 2.75) is 24.5 Å². The Hall–Kier alpha value is -2.28. The highest BCUT2D eigenvalue weighted by atomic mass is 16.5. The second kappa shape index (κ2) is 5.98. The van der Waals surface area contributed by atoms with Crippen LogP contribution in [-0.2, 0) is 10.3 Å². The SMILES string of the molecule is C#CCN1CCC2(CC1)OC(c1ccccc1)c1ccc(O)cc12. The Bertz CT molecular complexity index is 770. The van der Waals surface area contributed by atoms with E-state index in [2.05, 4.69) is 23.0 Å². The molecule has 2 aromatic rings. The first-order valence-corrected chi connectivity index (χ1v) is 8.44. The van der Waals surface area contributed by atoms with E-state index in [9.17, 15) is 5.11 Å². The van der Waals surface area contributed by atoms with E-state index in [0.29, 0.717) is 12.3 Å². The maximum atomic E-state index is 10.0. The lowest BCUT2D eigenvalue weighted by atomic mass is 9.83. The Morgan fingerprint density at radius 3 is 2.62 bits per heavy atom. The first kappa shape index (κ1) is 15.3. The molecule has 3 heteroatoms. The molecule has 0 radical (unpaired) electrons. The number of piperidine rings is 1. The van der Waals surface area contributed by atoms with Crippen molar-refractivity contribution < 1.29 is 9.84 Å². The first-order chi connectivity index (χ1) is 11.7. The summed E-state index contributed by atoms with van der Waals surface area (Å²) >= 11 is 0. The van der Waals surface area contributed by atoms with E-state index >= 15 is 0 Å². The second-order valence-electron chi connectivity index (χ2n) is 6.65. The molecule has 2 aliphatic rings. The molecule has 2 aliphatic heterocycles. The number of phenolic OH excluding ortho intramolecular Hbond substituents is 1. The summed E-state index contributed by atoms with van der Waals surface area (Å²) in [6, 6.07) is 16.0. The van der Waals surface area contributed by atoms with Crippen LogP contribution in [0, 0.1) is 12.3 Å². The lowest BCUT2D eigenvalue weighted by Crippen LogP contribution is -2.42. The van der Waals surface area contributed by atoms with Crippen molar-refractivity contribution in [1.82, 2.24) is 4.90 Å². The van der Waals surface area contributed by atoms with Gasteiger partial charge in [-0.05, 0) is 41.7 Å². The van der Waals surface area contributed by atoms with Crippen molar-refractivity contribution in [1.29, 1.82) is 0 Å². The molecular weight excluding hydrogens is 298 g/mol. The van der Waals surface area contributed by atoms with E-state index in [1.54, 1.807) is 6.07 Å². The minimum Gasteiger partial charge on any atom is -0.508 e. The topological polar surface area (TPSA) is 32.7 Å². The fourth-order valence-electron chi connectivity index (χ4n) is 3.98. The number of rotatable bonds is 2. The molecular formula is C21H21NO2. The summed E-state index contributed by atoms with van der Waals surface area (Å²) < 4.78 is 6.64. The van der Waals surface area contributed by atoms with Crippen LogP contribution in [-0.4, -0.2) is 29.6 Å². The van der Waals surface area contributed by atoms with Gasteiger partial charge < -0.3 is 9.84 Å². The Morgan fingerprint density at radius 2 is 1.92 bits per heavy atom. The fraction of sp³-hybridized carbons (Fsp3) is 0.333. The van der Waals surface area contributed by atoms with Crippen LogP contribution in [0.15, 0.2) is 48.5 Å². The molecule has 0 aromatic heterocycles. The number of terminal acetylenes is 1. The molecule has 0 amide bonds. The molecule has 2 aromatic carbocycles. The molecule has 0 bridgehead atoms. The van der Waals surface area contributed by atoms with Gasteiger partial charge >= 0.3 is 0 Å². The Labute approximate surface area is 142 Å². The molecule has 1 atom stereocenters. The number of ether oxygens (including phenoxy) is 1. The minimum atomic E-state index is -0.320. The Morgan fingerprint density at radius 1 is 1.17 bits per heavy atom. The average Bonchev–Trinajstić information content (AvgIpc) is 2.92. The first-order valence-electron chi connectivity index (χ1n) is 8.44. The Balaban J connectivity index is 1.71. The van der Waals surface area contributed by atoms with Crippen LogP contribution < -0.4 is 0 Å². The number of fused-ring (bicyclic) bond motifs is 2. The summed E-state index contributed by atoms with van der Waals surface area (Å²) in [6.45, 7) is 2.52. The fourth-order valence-corrected chi connectivity index (χ4v) is 3.98. The van der Waals surface area contributed by atoms with E-state index in [-0.39, 0.29) is 11.7 Å². The molecule has 1 unspecified atom stereocenters. The third-order valence-electron chi connectivity index (χ3n) is 5.23. The van der Waals surface area contributed by atoms with Crippen LogP contribution in [0.1, 0.15) is 35.6 Å². The lowest BCUT2D eigenvalue weighted by Gasteiger charge is -2.39. The van der Waals surface area contributed by atoms with Gasteiger partial charge in [0, 0.05) is 13.1 Å². The molecule has 4 rings (SSSR count). The zero-order chi connectivity index (χ0) is 16.6. The highest BCUT2D eigenvalue weighted by molar-refractivity contribution is 5.47. The summed E-state index contributed by atoms with van der Waals surface area (Å²) in [7, 11) is 0. The van der Waals surface area contributed by atoms with Gasteiger partial charge in [0.05, 0.1) is 12.1 Å². The van der Waals surface area contributed by atoms with E-state index < -0.39 is 0 Å². The van der Waals surface area contributed by atoms with Gasteiger partial charge in [-0.1, -0.05) is 42.3 Å². The van der Waals surface area contributed by atoms with E-state index in [1.807, 2.05) is 30.3 Å². The quantitative estimate of drug-likeness (QED) is 0.861. The highest BCUT2D eigenvalue weighted by Gasteiger charge is 2.47. The van der Waals surface area contributed by atoms with E-state index in [1.165, 1.54) is 5.56 Å². The number of likely N-dealkylation sites (tertiary alicyclic amines) is 1. The van der Waals surface area contributed by atoms with Crippen molar-refractivity contribution in [3.8, 4) is 18.1 Å². The van der Waals surface area contributed by atoms with Crippen molar-refractivity contribution in [2.24, 2.45) is 0 Å². The van der Waals surface area contributed by atoms with Gasteiger partial charge in [0.1, 0.15) is 11.9 Å². The van der Waals surface area contributed by atoms with Crippen LogP contribution in [0.25, 0.3) is 0 Å². The van der Waals surface area contributed by atoms with Gasteiger partial charge in [0.15, 0.2) is 0 Å². The average molecular weight is 319 g/mol. The normalized spacial score (nSPS) is 22.2. The molecule has 1 spiro atoms. The molecule has 2 heterocycles. The number of nitrogens with zero attached hydrogens (tertiary/aromatic N) is 1. The van der Waals surface area contributed by atoms with Gasteiger partial charge in [-0.3, -0.25) is 4.90 Å². The predicted molar refractivity (Wildman–Crippen MR) is 93.7 cm³/mol. The lowest BCUT2D eigenvalue weighted by molar-refractivity contribution is -0.0954. The van der Waals surface area contributed by atoms with Crippen molar-refractivity contribution in [2.75, 3.05) is 19.6 Å². The minimum absolute atomic E-state index is 0.0685. The maximum Gasteiger partial charge on any atom is 0.115 e. The monoisotopic (exact) mass is 319 g/mol. The molecule has 1 saturated heterocycles. The third-order valence-corrected chi connectivity index (χ3v) is 5.23. The van der Waals surface area contributed by atoms with Crippen molar-refractivity contribution in [3.05, 3.63) is 65.2 Å². The molecule has 0 aliphatic carbocycles. The summed E-state index contributed by atoms with van der Waals surface area (Å²) in [5.74, 6) is 3.03. The maximum absolute atomic E-state index is 10.0. The van der Waals surface area contributed by atoms with Crippen LogP contribution in [0.2, 0.25) is 0 Å². The molecule has 1 N–H and O–H groups in total. The molecule has 0 saturated carbocycles. The van der Waals surface area contributed by atoms with Crippen LogP contribution in [0.3, 0.4) is 0 Å². The van der Waals surface area contributed by atoms with Gasteiger partial charge in [-0.2, -0.15) is 0 Å². The molecule has 24 heavy (non-hydrogen) atoms.